The van der Waals surface area contributed by atoms with Gasteiger partial charge in [0.05, 0.1) is 11.5 Å². The Morgan fingerprint density at radius 3 is 2.26 bits per heavy atom. The molecule has 19 heavy (non-hydrogen) atoms. The topological polar surface area (TPSA) is 66.4 Å². The first-order valence-corrected chi connectivity index (χ1v) is 8.42. The molecular formula is C14H21NO3S. The first kappa shape index (κ1) is 14.3. The van der Waals surface area contributed by atoms with E-state index in [0.717, 1.165) is 16.7 Å². The van der Waals surface area contributed by atoms with Gasteiger partial charge in [-0.15, -0.1) is 0 Å². The second-order valence-corrected chi connectivity index (χ2v) is 7.69. The highest BCUT2D eigenvalue weighted by molar-refractivity contribution is 7.91. The summed E-state index contributed by atoms with van der Waals surface area (Å²) in [6.07, 6.45) is 1.39. The minimum Gasteiger partial charge on any atom is -0.507 e. The molecule has 0 bridgehead atoms. The number of phenols is 1. The van der Waals surface area contributed by atoms with Crippen LogP contribution in [0.5, 0.6) is 5.75 Å². The minimum atomic E-state index is -2.79. The molecule has 1 aromatic carbocycles. The largest absolute Gasteiger partial charge is 0.507 e. The van der Waals surface area contributed by atoms with Crippen molar-refractivity contribution in [3.63, 3.8) is 0 Å². The molecule has 5 heteroatoms. The first-order chi connectivity index (χ1) is 8.87. The Bertz CT molecular complexity index is 529. The van der Waals surface area contributed by atoms with Crippen LogP contribution in [-0.2, 0) is 16.4 Å². The Hall–Kier alpha value is -1.07. The standard InChI is InChI=1S/C14H21NO3S/c1-10-7-12(8-11(2)14(10)16)9-15-13-3-5-19(17,18)6-4-13/h7-8,13,15-16H,3-6,9H2,1-2H3. The van der Waals surface area contributed by atoms with Crippen molar-refractivity contribution >= 4 is 9.84 Å². The predicted molar refractivity (Wildman–Crippen MR) is 76.1 cm³/mol. The van der Waals surface area contributed by atoms with Gasteiger partial charge in [0, 0.05) is 12.6 Å². The maximum Gasteiger partial charge on any atom is 0.150 e. The summed E-state index contributed by atoms with van der Waals surface area (Å²) in [5.74, 6) is 0.934. The molecule has 106 valence electrons. The van der Waals surface area contributed by atoms with E-state index in [1.165, 1.54) is 0 Å². The van der Waals surface area contributed by atoms with Crippen molar-refractivity contribution in [3.8, 4) is 5.75 Å². The molecule has 1 saturated heterocycles. The number of benzene rings is 1. The third-order valence-corrected chi connectivity index (χ3v) is 5.42. The number of nitrogens with one attached hydrogen (secondary N) is 1. The molecule has 0 spiro atoms. The lowest BCUT2D eigenvalue weighted by molar-refractivity contribution is 0.458. The van der Waals surface area contributed by atoms with E-state index in [1.807, 2.05) is 26.0 Å². The summed E-state index contributed by atoms with van der Waals surface area (Å²) in [4.78, 5) is 0. The van der Waals surface area contributed by atoms with Crippen LogP contribution in [0.1, 0.15) is 29.5 Å². The van der Waals surface area contributed by atoms with Gasteiger partial charge in [0.25, 0.3) is 0 Å². The number of rotatable bonds is 3. The van der Waals surface area contributed by atoms with E-state index in [1.54, 1.807) is 0 Å². The zero-order valence-electron chi connectivity index (χ0n) is 11.4. The molecule has 1 aliphatic heterocycles. The quantitative estimate of drug-likeness (QED) is 0.885. The van der Waals surface area contributed by atoms with Gasteiger partial charge >= 0.3 is 0 Å². The molecule has 1 heterocycles. The molecule has 0 aliphatic carbocycles. The molecule has 0 radical (unpaired) electrons. The highest BCUT2D eigenvalue weighted by Gasteiger charge is 2.22. The Morgan fingerprint density at radius 2 is 1.74 bits per heavy atom. The van der Waals surface area contributed by atoms with Crippen molar-refractivity contribution < 1.29 is 13.5 Å². The van der Waals surface area contributed by atoms with Crippen LogP contribution in [0.3, 0.4) is 0 Å². The van der Waals surface area contributed by atoms with Crippen LogP contribution in [0.15, 0.2) is 12.1 Å². The summed E-state index contributed by atoms with van der Waals surface area (Å²) in [5.41, 5.74) is 2.88. The van der Waals surface area contributed by atoms with E-state index < -0.39 is 9.84 Å². The lowest BCUT2D eigenvalue weighted by atomic mass is 10.0. The average Bonchev–Trinajstić information content (AvgIpc) is 2.34. The summed E-state index contributed by atoms with van der Waals surface area (Å²) in [7, 11) is -2.79. The predicted octanol–water partition coefficient (Wildman–Crippen LogP) is 1.68. The van der Waals surface area contributed by atoms with Crippen molar-refractivity contribution in [3.05, 3.63) is 28.8 Å². The van der Waals surface area contributed by atoms with Crippen molar-refractivity contribution in [2.45, 2.75) is 39.3 Å². The van der Waals surface area contributed by atoms with Crippen LogP contribution >= 0.6 is 0 Å². The molecule has 4 nitrogen and oxygen atoms in total. The molecule has 1 aromatic rings. The number of aryl methyl sites for hydroxylation is 2. The van der Waals surface area contributed by atoms with Gasteiger partial charge in [-0.2, -0.15) is 0 Å². The molecule has 2 rings (SSSR count). The summed E-state index contributed by atoms with van der Waals surface area (Å²) in [6.45, 7) is 4.49. The third kappa shape index (κ3) is 3.70. The molecule has 0 unspecified atom stereocenters. The SMILES string of the molecule is Cc1cc(CNC2CCS(=O)(=O)CC2)cc(C)c1O. The van der Waals surface area contributed by atoms with Crippen molar-refractivity contribution in [2.24, 2.45) is 0 Å². The van der Waals surface area contributed by atoms with Crippen LogP contribution in [0, 0.1) is 13.8 Å². The Labute approximate surface area is 114 Å². The lowest BCUT2D eigenvalue weighted by Crippen LogP contribution is -2.37. The van der Waals surface area contributed by atoms with Crippen LogP contribution in [-0.4, -0.2) is 31.1 Å². The van der Waals surface area contributed by atoms with Crippen LogP contribution in [0.4, 0.5) is 0 Å². The second-order valence-electron chi connectivity index (χ2n) is 5.39. The molecule has 1 aliphatic rings. The molecule has 0 atom stereocenters. The first-order valence-electron chi connectivity index (χ1n) is 6.60. The Balaban J connectivity index is 1.93. The van der Waals surface area contributed by atoms with Gasteiger partial charge < -0.3 is 10.4 Å². The van der Waals surface area contributed by atoms with E-state index in [2.05, 4.69) is 5.32 Å². The fourth-order valence-electron chi connectivity index (χ4n) is 2.50. The van der Waals surface area contributed by atoms with E-state index in [-0.39, 0.29) is 17.5 Å². The molecular weight excluding hydrogens is 262 g/mol. The smallest absolute Gasteiger partial charge is 0.150 e. The van der Waals surface area contributed by atoms with Crippen LogP contribution < -0.4 is 5.32 Å². The maximum absolute atomic E-state index is 11.3. The number of sulfone groups is 1. The van der Waals surface area contributed by atoms with E-state index >= 15 is 0 Å². The summed E-state index contributed by atoms with van der Waals surface area (Å²) >= 11 is 0. The van der Waals surface area contributed by atoms with Gasteiger partial charge in [0.2, 0.25) is 0 Å². The van der Waals surface area contributed by atoms with E-state index in [4.69, 9.17) is 0 Å². The van der Waals surface area contributed by atoms with Crippen LogP contribution in [0.2, 0.25) is 0 Å². The lowest BCUT2D eigenvalue weighted by Gasteiger charge is -2.23. The zero-order valence-corrected chi connectivity index (χ0v) is 12.3. The van der Waals surface area contributed by atoms with Gasteiger partial charge in [0.15, 0.2) is 0 Å². The Morgan fingerprint density at radius 1 is 1.21 bits per heavy atom. The number of hydrogen-bond acceptors (Lipinski definition) is 4. The highest BCUT2D eigenvalue weighted by Crippen LogP contribution is 2.23. The molecule has 0 amide bonds. The van der Waals surface area contributed by atoms with E-state index in [0.29, 0.717) is 25.1 Å². The molecule has 0 aromatic heterocycles. The Kier molecular flexibility index (Phi) is 4.16. The van der Waals surface area contributed by atoms with Gasteiger partial charge in [-0.05, 0) is 43.4 Å². The highest BCUT2D eigenvalue weighted by atomic mass is 32.2. The summed E-state index contributed by atoms with van der Waals surface area (Å²) in [5, 5.41) is 13.1. The molecule has 0 saturated carbocycles. The van der Waals surface area contributed by atoms with Crippen molar-refractivity contribution in [1.82, 2.24) is 5.32 Å². The molecule has 1 fully saturated rings. The van der Waals surface area contributed by atoms with E-state index in [9.17, 15) is 13.5 Å². The maximum atomic E-state index is 11.3. The van der Waals surface area contributed by atoms with Gasteiger partial charge in [-0.25, -0.2) is 8.42 Å². The van der Waals surface area contributed by atoms with Gasteiger partial charge in [-0.3, -0.25) is 0 Å². The number of aromatic hydroxyl groups is 1. The summed E-state index contributed by atoms with van der Waals surface area (Å²) < 4.78 is 22.7. The fourth-order valence-corrected chi connectivity index (χ4v) is 4.00. The van der Waals surface area contributed by atoms with Crippen molar-refractivity contribution in [1.29, 1.82) is 0 Å². The molecule has 2 N–H and O–H groups in total. The monoisotopic (exact) mass is 283 g/mol. The zero-order chi connectivity index (χ0) is 14.0. The number of phenolic OH excluding ortho intramolecular Hbond substituents is 1. The van der Waals surface area contributed by atoms with Crippen LogP contribution in [0.25, 0.3) is 0 Å². The van der Waals surface area contributed by atoms with Gasteiger partial charge in [-0.1, -0.05) is 12.1 Å². The van der Waals surface area contributed by atoms with Gasteiger partial charge in [0.1, 0.15) is 15.6 Å². The second kappa shape index (κ2) is 5.51. The number of hydrogen-bond donors (Lipinski definition) is 2. The van der Waals surface area contributed by atoms with Crippen molar-refractivity contribution in [2.75, 3.05) is 11.5 Å². The summed E-state index contributed by atoms with van der Waals surface area (Å²) in [6, 6.07) is 4.21. The fraction of sp³-hybridized carbons (Fsp3) is 0.571. The third-order valence-electron chi connectivity index (χ3n) is 3.70. The minimum absolute atomic E-state index is 0.276. The normalized spacial score (nSPS) is 19.5. The average molecular weight is 283 g/mol.